The van der Waals surface area contributed by atoms with Gasteiger partial charge in [0.05, 0.1) is 12.2 Å². The molecule has 1 aliphatic carbocycles. The molecule has 158 valence electrons. The summed E-state index contributed by atoms with van der Waals surface area (Å²) in [5, 5.41) is 29.4. The van der Waals surface area contributed by atoms with Crippen LogP contribution in [0, 0.1) is 18.8 Å². The van der Waals surface area contributed by atoms with Crippen molar-refractivity contribution in [2.45, 2.75) is 88.2 Å². The van der Waals surface area contributed by atoms with Gasteiger partial charge in [0.25, 0.3) is 0 Å². The topological polar surface area (TPSA) is 77.8 Å². The summed E-state index contributed by atoms with van der Waals surface area (Å²) in [4.78, 5) is 11.7. The first-order chi connectivity index (χ1) is 13.5. The van der Waals surface area contributed by atoms with Gasteiger partial charge in [-0.15, -0.1) is 11.8 Å². The normalized spacial score (nSPS) is 23.0. The van der Waals surface area contributed by atoms with Crippen molar-refractivity contribution in [3.63, 3.8) is 0 Å². The summed E-state index contributed by atoms with van der Waals surface area (Å²) in [5.41, 5.74) is 1.24. The molecule has 0 heterocycles. The molecule has 0 aromatic heterocycles. The number of carboxylic acids is 1. The van der Waals surface area contributed by atoms with Gasteiger partial charge in [0.2, 0.25) is 0 Å². The number of carbonyl (C=O) groups is 1. The van der Waals surface area contributed by atoms with E-state index in [-0.39, 0.29) is 18.6 Å². The van der Waals surface area contributed by atoms with Crippen LogP contribution >= 0.6 is 11.8 Å². The fourth-order valence-corrected chi connectivity index (χ4v) is 5.13. The number of hydrogen-bond acceptors (Lipinski definition) is 4. The Hall–Kier alpha value is -1.04. The van der Waals surface area contributed by atoms with Gasteiger partial charge in [-0.1, -0.05) is 43.4 Å². The molecule has 5 heteroatoms. The Morgan fingerprint density at radius 2 is 1.82 bits per heavy atom. The average Bonchev–Trinajstić information content (AvgIpc) is 3.01. The highest BCUT2D eigenvalue weighted by Gasteiger charge is 2.34. The van der Waals surface area contributed by atoms with Crippen molar-refractivity contribution in [1.29, 1.82) is 0 Å². The summed E-state index contributed by atoms with van der Waals surface area (Å²) >= 11 is 1.69. The number of thioether (sulfide) groups is 1. The number of aryl methyl sites for hydroxylation is 1. The van der Waals surface area contributed by atoms with E-state index in [1.165, 1.54) is 10.5 Å². The second-order valence-electron chi connectivity index (χ2n) is 8.27. The van der Waals surface area contributed by atoms with Crippen molar-refractivity contribution < 1.29 is 20.1 Å². The van der Waals surface area contributed by atoms with Gasteiger partial charge in [0.1, 0.15) is 0 Å². The molecule has 0 saturated heterocycles. The molecule has 4 nitrogen and oxygen atoms in total. The SMILES string of the molecule is Cc1ccc(SCC(O)CC[C@@H]2C(CCCCCCC(=O)O)CC[C@H]2O)cc1. The van der Waals surface area contributed by atoms with Crippen molar-refractivity contribution in [1.82, 2.24) is 0 Å². The molecule has 28 heavy (non-hydrogen) atoms. The Labute approximate surface area is 173 Å². The molecular formula is C23H36O4S. The molecule has 3 N–H and O–H groups in total. The predicted octanol–water partition coefficient (Wildman–Crippen LogP) is 5.04. The van der Waals surface area contributed by atoms with Crippen LogP contribution in [0.4, 0.5) is 0 Å². The maximum atomic E-state index is 10.5. The van der Waals surface area contributed by atoms with Gasteiger partial charge in [-0.3, -0.25) is 4.79 Å². The van der Waals surface area contributed by atoms with Gasteiger partial charge in [-0.2, -0.15) is 0 Å². The largest absolute Gasteiger partial charge is 0.481 e. The van der Waals surface area contributed by atoms with E-state index < -0.39 is 5.97 Å². The highest BCUT2D eigenvalue weighted by Crippen LogP contribution is 2.39. The average molecular weight is 409 g/mol. The van der Waals surface area contributed by atoms with Crippen molar-refractivity contribution in [2.24, 2.45) is 11.8 Å². The molecule has 1 aromatic carbocycles. The summed E-state index contributed by atoms with van der Waals surface area (Å²) in [7, 11) is 0. The van der Waals surface area contributed by atoms with Crippen molar-refractivity contribution >= 4 is 17.7 Å². The van der Waals surface area contributed by atoms with Crippen LogP contribution in [0.25, 0.3) is 0 Å². The second-order valence-corrected chi connectivity index (χ2v) is 9.36. The molecule has 2 rings (SSSR count). The Kier molecular flexibility index (Phi) is 10.4. The number of hydrogen-bond donors (Lipinski definition) is 3. The van der Waals surface area contributed by atoms with Crippen LogP contribution in [0.1, 0.15) is 69.8 Å². The fourth-order valence-electron chi connectivity index (χ4n) is 4.25. The summed E-state index contributed by atoms with van der Waals surface area (Å²) in [6, 6.07) is 8.38. The molecule has 1 saturated carbocycles. The Balaban J connectivity index is 1.64. The van der Waals surface area contributed by atoms with Gasteiger partial charge < -0.3 is 15.3 Å². The molecule has 0 radical (unpaired) electrons. The van der Waals surface area contributed by atoms with E-state index in [1.54, 1.807) is 11.8 Å². The van der Waals surface area contributed by atoms with E-state index >= 15 is 0 Å². The number of unbranched alkanes of at least 4 members (excludes halogenated alkanes) is 3. The molecule has 0 spiro atoms. The molecule has 1 aromatic rings. The Bertz CT molecular complexity index is 574. The minimum atomic E-state index is -0.710. The highest BCUT2D eigenvalue weighted by molar-refractivity contribution is 7.99. The number of rotatable bonds is 13. The molecule has 0 aliphatic heterocycles. The maximum Gasteiger partial charge on any atom is 0.303 e. The Morgan fingerprint density at radius 3 is 2.54 bits per heavy atom. The van der Waals surface area contributed by atoms with E-state index in [4.69, 9.17) is 5.11 Å². The zero-order valence-electron chi connectivity index (χ0n) is 17.1. The molecule has 0 bridgehead atoms. The van der Waals surface area contributed by atoms with Crippen LogP contribution in [0.3, 0.4) is 0 Å². The lowest BCUT2D eigenvalue weighted by atomic mass is 9.86. The van der Waals surface area contributed by atoms with E-state index in [9.17, 15) is 15.0 Å². The lowest BCUT2D eigenvalue weighted by Crippen LogP contribution is -2.22. The third-order valence-corrected chi connectivity index (χ3v) is 7.10. The molecule has 1 fully saturated rings. The summed E-state index contributed by atoms with van der Waals surface area (Å²) in [5.74, 6) is 0.836. The number of aliphatic carboxylic acids is 1. The second kappa shape index (κ2) is 12.5. The quantitative estimate of drug-likeness (QED) is 0.315. The summed E-state index contributed by atoms with van der Waals surface area (Å²) in [6.07, 6.45) is 8.32. The zero-order chi connectivity index (χ0) is 20.4. The first-order valence-corrected chi connectivity index (χ1v) is 11.7. The van der Waals surface area contributed by atoms with Gasteiger partial charge >= 0.3 is 5.97 Å². The van der Waals surface area contributed by atoms with E-state index in [1.807, 2.05) is 0 Å². The highest BCUT2D eigenvalue weighted by atomic mass is 32.2. The van der Waals surface area contributed by atoms with Crippen molar-refractivity contribution in [3.8, 4) is 0 Å². The van der Waals surface area contributed by atoms with Gasteiger partial charge in [0.15, 0.2) is 0 Å². The Morgan fingerprint density at radius 1 is 1.11 bits per heavy atom. The van der Waals surface area contributed by atoms with Crippen LogP contribution in [0.15, 0.2) is 29.2 Å². The van der Waals surface area contributed by atoms with Crippen LogP contribution in [0.2, 0.25) is 0 Å². The minimum absolute atomic E-state index is 0.228. The monoisotopic (exact) mass is 408 g/mol. The van der Waals surface area contributed by atoms with Gasteiger partial charge in [0, 0.05) is 17.1 Å². The first kappa shape index (κ1) is 23.2. The maximum absolute atomic E-state index is 10.5. The van der Waals surface area contributed by atoms with E-state index in [0.29, 0.717) is 17.6 Å². The number of carboxylic acid groups (broad SMARTS) is 1. The standard InChI is InChI=1S/C23H36O4S/c1-17-8-12-20(13-9-17)28-16-19(24)11-14-21-18(10-15-22(21)25)6-4-2-3-5-7-23(26)27/h8-9,12-13,18-19,21-22,24-25H,2-7,10-11,14-16H2,1H3,(H,26,27)/t18?,19?,21-,22-/m1/s1. The first-order valence-electron chi connectivity index (χ1n) is 10.7. The summed E-state index contributed by atoms with van der Waals surface area (Å²) < 4.78 is 0. The molecular weight excluding hydrogens is 372 g/mol. The molecule has 0 amide bonds. The van der Waals surface area contributed by atoms with Crippen LogP contribution < -0.4 is 0 Å². The van der Waals surface area contributed by atoms with Crippen LogP contribution in [-0.2, 0) is 4.79 Å². The number of aliphatic hydroxyl groups is 2. The lowest BCUT2D eigenvalue weighted by molar-refractivity contribution is -0.137. The van der Waals surface area contributed by atoms with Crippen molar-refractivity contribution in [3.05, 3.63) is 29.8 Å². The molecule has 1 aliphatic rings. The predicted molar refractivity (Wildman–Crippen MR) is 115 cm³/mol. The van der Waals surface area contributed by atoms with Gasteiger partial charge in [-0.25, -0.2) is 0 Å². The third kappa shape index (κ3) is 8.54. The lowest BCUT2D eigenvalue weighted by Gasteiger charge is -2.23. The zero-order valence-corrected chi connectivity index (χ0v) is 17.9. The molecule has 4 atom stereocenters. The fraction of sp³-hybridized carbons (Fsp3) is 0.696. The summed E-state index contributed by atoms with van der Waals surface area (Å²) in [6.45, 7) is 2.07. The minimum Gasteiger partial charge on any atom is -0.481 e. The number of benzene rings is 1. The molecule has 2 unspecified atom stereocenters. The van der Waals surface area contributed by atoms with E-state index in [2.05, 4.69) is 31.2 Å². The van der Waals surface area contributed by atoms with Crippen molar-refractivity contribution in [2.75, 3.05) is 5.75 Å². The van der Waals surface area contributed by atoms with E-state index in [0.717, 1.165) is 57.8 Å². The van der Waals surface area contributed by atoms with Crippen LogP contribution in [0.5, 0.6) is 0 Å². The smallest absolute Gasteiger partial charge is 0.303 e. The number of aliphatic hydroxyl groups excluding tert-OH is 2. The van der Waals surface area contributed by atoms with Gasteiger partial charge in [-0.05, 0) is 63.0 Å². The van der Waals surface area contributed by atoms with Crippen LogP contribution in [-0.4, -0.2) is 39.2 Å². The third-order valence-electron chi connectivity index (χ3n) is 5.95.